The molecular weight excluding hydrogens is 382 g/mol. The van der Waals surface area contributed by atoms with Gasteiger partial charge in [-0.25, -0.2) is 9.48 Å². The van der Waals surface area contributed by atoms with Crippen molar-refractivity contribution in [3.63, 3.8) is 0 Å². The first kappa shape index (κ1) is 19.7. The van der Waals surface area contributed by atoms with E-state index in [1.165, 1.54) is 18.7 Å². The van der Waals surface area contributed by atoms with E-state index in [9.17, 15) is 9.59 Å². The summed E-state index contributed by atoms with van der Waals surface area (Å²) in [7, 11) is 3.05. The summed E-state index contributed by atoms with van der Waals surface area (Å²) in [4.78, 5) is 24.9. The number of hydrogen-bond acceptors (Lipinski definition) is 7. The highest BCUT2D eigenvalue weighted by Gasteiger charge is 2.14. The molecule has 0 aliphatic heterocycles. The van der Waals surface area contributed by atoms with Gasteiger partial charge in [0.05, 0.1) is 14.2 Å². The normalized spacial score (nSPS) is 11.0. The van der Waals surface area contributed by atoms with E-state index in [0.29, 0.717) is 28.1 Å². The third-order valence-corrected chi connectivity index (χ3v) is 4.63. The molecule has 0 bridgehead atoms. The molecule has 0 aliphatic rings. The lowest BCUT2D eigenvalue weighted by Crippen LogP contribution is -2.28. The van der Waals surface area contributed by atoms with Gasteiger partial charge in [0.2, 0.25) is 5.91 Å². The molecule has 148 valence electrons. The van der Waals surface area contributed by atoms with Gasteiger partial charge < -0.3 is 14.8 Å². The zero-order valence-corrected chi connectivity index (χ0v) is 16.8. The highest BCUT2D eigenvalue weighted by Crippen LogP contribution is 2.25. The topological polar surface area (TPSA) is 99.7 Å². The zero-order valence-electron chi connectivity index (χ0n) is 16.0. The number of thioether (sulfide) groups is 1. The predicted octanol–water partition coefficient (Wildman–Crippen LogP) is 2.05. The van der Waals surface area contributed by atoms with Crippen LogP contribution in [0.2, 0.25) is 0 Å². The van der Waals surface area contributed by atoms with Crippen molar-refractivity contribution in [2.24, 2.45) is 0 Å². The SMILES string of the molecule is COc1cc(NC(=O)Cn2nc3ccc(SC(C)C)nn3c2=O)cc(OC)c1. The number of amides is 1. The van der Waals surface area contributed by atoms with Crippen molar-refractivity contribution in [1.82, 2.24) is 19.4 Å². The van der Waals surface area contributed by atoms with Crippen LogP contribution in [0.4, 0.5) is 5.69 Å². The first-order valence-electron chi connectivity index (χ1n) is 8.56. The molecule has 10 heteroatoms. The van der Waals surface area contributed by atoms with E-state index in [1.54, 1.807) is 42.1 Å². The second-order valence-corrected chi connectivity index (χ2v) is 7.79. The number of carbonyl (C=O) groups is 1. The maximum Gasteiger partial charge on any atom is 0.367 e. The van der Waals surface area contributed by atoms with E-state index >= 15 is 0 Å². The maximum atomic E-state index is 12.5. The Hall–Kier alpha value is -3.01. The number of anilines is 1. The Kier molecular flexibility index (Phi) is 5.88. The van der Waals surface area contributed by atoms with Crippen LogP contribution in [0, 0.1) is 0 Å². The molecule has 3 rings (SSSR count). The Morgan fingerprint density at radius 1 is 1.14 bits per heavy atom. The molecule has 9 nitrogen and oxygen atoms in total. The fraction of sp³-hybridized carbons (Fsp3) is 0.333. The Bertz CT molecular complexity index is 1040. The third-order valence-electron chi connectivity index (χ3n) is 3.70. The molecule has 0 fully saturated rings. The number of hydrogen-bond donors (Lipinski definition) is 1. The molecule has 0 aliphatic carbocycles. The Morgan fingerprint density at radius 3 is 2.43 bits per heavy atom. The largest absolute Gasteiger partial charge is 0.497 e. The van der Waals surface area contributed by atoms with Gasteiger partial charge in [0.25, 0.3) is 0 Å². The average molecular weight is 403 g/mol. The van der Waals surface area contributed by atoms with Gasteiger partial charge >= 0.3 is 5.69 Å². The molecule has 3 aromatic rings. The number of rotatable bonds is 7. The number of methoxy groups -OCH3 is 2. The van der Waals surface area contributed by atoms with Gasteiger partial charge in [0, 0.05) is 29.1 Å². The predicted molar refractivity (Wildman–Crippen MR) is 106 cm³/mol. The molecule has 1 amide bonds. The fourth-order valence-electron chi connectivity index (χ4n) is 2.52. The van der Waals surface area contributed by atoms with Gasteiger partial charge in [-0.15, -0.1) is 16.9 Å². The van der Waals surface area contributed by atoms with Gasteiger partial charge in [-0.3, -0.25) is 4.79 Å². The van der Waals surface area contributed by atoms with E-state index in [0.717, 1.165) is 9.71 Å². The van der Waals surface area contributed by atoms with Gasteiger partial charge in [-0.05, 0) is 12.1 Å². The van der Waals surface area contributed by atoms with Crippen molar-refractivity contribution >= 4 is 29.0 Å². The summed E-state index contributed by atoms with van der Waals surface area (Å²) >= 11 is 1.54. The second-order valence-electron chi connectivity index (χ2n) is 6.20. The van der Waals surface area contributed by atoms with Crippen LogP contribution in [0.5, 0.6) is 11.5 Å². The summed E-state index contributed by atoms with van der Waals surface area (Å²) < 4.78 is 12.6. The summed E-state index contributed by atoms with van der Waals surface area (Å²) in [5.41, 5.74) is 0.403. The van der Waals surface area contributed by atoms with Gasteiger partial charge in [-0.1, -0.05) is 13.8 Å². The third kappa shape index (κ3) is 4.45. The molecule has 0 spiro atoms. The molecule has 28 heavy (non-hydrogen) atoms. The van der Waals surface area contributed by atoms with Crippen LogP contribution < -0.4 is 20.5 Å². The number of aromatic nitrogens is 4. The number of benzene rings is 1. The number of nitrogens with zero attached hydrogens (tertiary/aromatic N) is 4. The molecule has 0 saturated carbocycles. The molecule has 2 heterocycles. The molecule has 0 radical (unpaired) electrons. The molecule has 1 aromatic carbocycles. The first-order valence-corrected chi connectivity index (χ1v) is 9.44. The summed E-state index contributed by atoms with van der Waals surface area (Å²) in [6, 6.07) is 8.52. The Morgan fingerprint density at radius 2 is 1.82 bits per heavy atom. The maximum absolute atomic E-state index is 12.5. The van der Waals surface area contributed by atoms with Crippen LogP contribution in [-0.2, 0) is 11.3 Å². The Labute approximate surface area is 165 Å². The standard InChI is InChI=1S/C18H21N5O4S/c1-11(2)28-17-6-5-15-20-22(18(25)23(15)21-17)10-16(24)19-12-7-13(26-3)9-14(8-12)27-4/h5-9,11H,10H2,1-4H3,(H,19,24). The van der Waals surface area contributed by atoms with Gasteiger partial charge in [0.15, 0.2) is 5.65 Å². The van der Waals surface area contributed by atoms with E-state index in [2.05, 4.69) is 15.5 Å². The first-order chi connectivity index (χ1) is 13.4. The number of fused-ring (bicyclic) bond motifs is 1. The quantitative estimate of drug-likeness (QED) is 0.603. The number of carbonyl (C=O) groups excluding carboxylic acids is 1. The highest BCUT2D eigenvalue weighted by molar-refractivity contribution is 7.99. The Balaban J connectivity index is 1.80. The van der Waals surface area contributed by atoms with Crippen molar-refractivity contribution in [1.29, 1.82) is 0 Å². The fourth-order valence-corrected chi connectivity index (χ4v) is 3.27. The van der Waals surface area contributed by atoms with Crippen molar-refractivity contribution < 1.29 is 14.3 Å². The average Bonchev–Trinajstić information content (AvgIpc) is 2.96. The van der Waals surface area contributed by atoms with Crippen LogP contribution >= 0.6 is 11.8 Å². The summed E-state index contributed by atoms with van der Waals surface area (Å²) in [5.74, 6) is 0.676. The smallest absolute Gasteiger partial charge is 0.367 e. The minimum Gasteiger partial charge on any atom is -0.497 e. The van der Waals surface area contributed by atoms with Gasteiger partial charge in [0.1, 0.15) is 23.1 Å². The lowest BCUT2D eigenvalue weighted by molar-refractivity contribution is -0.117. The minimum atomic E-state index is -0.473. The summed E-state index contributed by atoms with van der Waals surface area (Å²) in [6.07, 6.45) is 0. The number of ether oxygens (including phenoxy) is 2. The van der Waals surface area contributed by atoms with E-state index in [4.69, 9.17) is 9.47 Å². The lowest BCUT2D eigenvalue weighted by atomic mass is 10.2. The molecular formula is C18H21N5O4S. The van der Waals surface area contributed by atoms with Crippen molar-refractivity contribution in [3.8, 4) is 11.5 Å². The second kappa shape index (κ2) is 8.34. The van der Waals surface area contributed by atoms with Crippen LogP contribution in [-0.4, -0.2) is 44.8 Å². The zero-order chi connectivity index (χ0) is 20.3. The molecule has 1 N–H and O–H groups in total. The van der Waals surface area contributed by atoms with Crippen LogP contribution in [0.15, 0.2) is 40.2 Å². The lowest BCUT2D eigenvalue weighted by Gasteiger charge is -2.09. The highest BCUT2D eigenvalue weighted by atomic mass is 32.2. The number of nitrogens with one attached hydrogen (secondary N) is 1. The molecule has 2 aromatic heterocycles. The van der Waals surface area contributed by atoms with Crippen molar-refractivity contribution in [3.05, 3.63) is 40.8 Å². The molecule has 0 atom stereocenters. The van der Waals surface area contributed by atoms with E-state index in [-0.39, 0.29) is 6.54 Å². The minimum absolute atomic E-state index is 0.242. The molecule has 0 saturated heterocycles. The molecule has 0 unspecified atom stereocenters. The van der Waals surface area contributed by atoms with Gasteiger partial charge in [-0.2, -0.15) is 9.61 Å². The van der Waals surface area contributed by atoms with Crippen LogP contribution in [0.1, 0.15) is 13.8 Å². The monoisotopic (exact) mass is 403 g/mol. The van der Waals surface area contributed by atoms with E-state index < -0.39 is 11.6 Å². The van der Waals surface area contributed by atoms with E-state index in [1.807, 2.05) is 13.8 Å². The van der Waals surface area contributed by atoms with Crippen molar-refractivity contribution in [2.75, 3.05) is 19.5 Å². The van der Waals surface area contributed by atoms with Crippen molar-refractivity contribution in [2.45, 2.75) is 30.7 Å². The summed E-state index contributed by atoms with van der Waals surface area (Å²) in [5, 5.41) is 12.2. The summed E-state index contributed by atoms with van der Waals surface area (Å²) in [6.45, 7) is 3.84. The van der Waals surface area contributed by atoms with Crippen LogP contribution in [0.25, 0.3) is 5.65 Å². The van der Waals surface area contributed by atoms with Crippen LogP contribution in [0.3, 0.4) is 0 Å².